The van der Waals surface area contributed by atoms with Gasteiger partial charge in [-0.15, -0.1) is 10.2 Å². The number of ether oxygens (including phenoxy) is 2. The van der Waals surface area contributed by atoms with Crippen molar-refractivity contribution in [1.29, 1.82) is 0 Å². The average Bonchev–Trinajstić information content (AvgIpc) is 3.35. The van der Waals surface area contributed by atoms with E-state index < -0.39 is 0 Å². The van der Waals surface area contributed by atoms with Gasteiger partial charge in [0.2, 0.25) is 0 Å². The zero-order chi connectivity index (χ0) is 25.5. The van der Waals surface area contributed by atoms with Crippen LogP contribution in [0.25, 0.3) is 17.1 Å². The van der Waals surface area contributed by atoms with Crippen LogP contribution in [0.3, 0.4) is 0 Å². The summed E-state index contributed by atoms with van der Waals surface area (Å²) in [6.07, 6.45) is 0. The van der Waals surface area contributed by atoms with Gasteiger partial charge in [0.25, 0.3) is 5.91 Å². The summed E-state index contributed by atoms with van der Waals surface area (Å²) in [5, 5.41) is 14.2. The van der Waals surface area contributed by atoms with Crippen molar-refractivity contribution in [3.8, 4) is 28.6 Å². The molecule has 0 spiro atoms. The third kappa shape index (κ3) is 5.87. The largest absolute Gasteiger partial charge is 0.493 e. The Morgan fingerprint density at radius 3 is 2.42 bits per heavy atom. The number of amides is 1. The van der Waals surface area contributed by atoms with E-state index in [-0.39, 0.29) is 11.7 Å². The molecule has 0 radical (unpaired) electrons. The smallest absolute Gasteiger partial charge is 0.250 e. The van der Waals surface area contributed by atoms with Crippen molar-refractivity contribution in [2.75, 3.05) is 20.0 Å². The quantitative estimate of drug-likeness (QED) is 0.184. The fourth-order valence-electron chi connectivity index (χ4n) is 3.39. The molecule has 4 rings (SSSR count). The van der Waals surface area contributed by atoms with Crippen LogP contribution >= 0.6 is 23.4 Å². The van der Waals surface area contributed by atoms with E-state index >= 15 is 0 Å². The minimum Gasteiger partial charge on any atom is -0.493 e. The van der Waals surface area contributed by atoms with Crippen molar-refractivity contribution >= 4 is 35.0 Å². The van der Waals surface area contributed by atoms with Crippen molar-refractivity contribution in [2.45, 2.75) is 12.1 Å². The maximum atomic E-state index is 12.6. The monoisotopic (exact) mass is 521 g/mol. The number of hydrazone groups is 1. The van der Waals surface area contributed by atoms with Crippen molar-refractivity contribution < 1.29 is 14.3 Å². The third-order valence-corrected chi connectivity index (χ3v) is 6.41. The van der Waals surface area contributed by atoms with Crippen LogP contribution in [0.5, 0.6) is 11.5 Å². The Morgan fingerprint density at radius 1 is 1.00 bits per heavy atom. The second kappa shape index (κ2) is 11.7. The van der Waals surface area contributed by atoms with E-state index in [0.29, 0.717) is 33.2 Å². The Labute approximate surface area is 218 Å². The number of carbonyl (C=O) groups excluding carboxylic acids is 1. The fourth-order valence-corrected chi connectivity index (χ4v) is 4.27. The molecular weight excluding hydrogens is 498 g/mol. The zero-order valence-electron chi connectivity index (χ0n) is 19.9. The second-order valence-corrected chi connectivity index (χ2v) is 8.95. The van der Waals surface area contributed by atoms with Gasteiger partial charge in [-0.3, -0.25) is 9.36 Å². The molecule has 0 aliphatic rings. The summed E-state index contributed by atoms with van der Waals surface area (Å²) in [5.41, 5.74) is 5.78. The topological polar surface area (TPSA) is 90.6 Å². The van der Waals surface area contributed by atoms with Crippen LogP contribution in [-0.2, 0) is 4.79 Å². The van der Waals surface area contributed by atoms with Crippen LogP contribution in [0.2, 0.25) is 5.02 Å². The first-order valence-electron chi connectivity index (χ1n) is 10.9. The van der Waals surface area contributed by atoms with Crippen molar-refractivity contribution in [1.82, 2.24) is 20.2 Å². The van der Waals surface area contributed by atoms with Crippen LogP contribution in [0.1, 0.15) is 12.5 Å². The molecule has 0 fully saturated rings. The van der Waals surface area contributed by atoms with Gasteiger partial charge in [-0.05, 0) is 49.4 Å². The SMILES string of the molecule is COc1ccc(C(C)=NNC(=O)CSc2nnc(-c3ccccc3)n2-c2ccc(Cl)cc2)cc1OC. The van der Waals surface area contributed by atoms with E-state index in [4.69, 9.17) is 21.1 Å². The molecule has 3 aromatic carbocycles. The Morgan fingerprint density at radius 2 is 1.72 bits per heavy atom. The molecule has 0 aliphatic heterocycles. The summed E-state index contributed by atoms with van der Waals surface area (Å²) in [7, 11) is 3.14. The number of hydrogen-bond acceptors (Lipinski definition) is 7. The number of nitrogens with one attached hydrogen (secondary N) is 1. The van der Waals surface area contributed by atoms with Gasteiger partial charge in [0.1, 0.15) is 0 Å². The summed E-state index contributed by atoms with van der Waals surface area (Å²) in [4.78, 5) is 12.6. The molecule has 184 valence electrons. The van der Waals surface area contributed by atoms with Crippen LogP contribution in [-0.4, -0.2) is 46.4 Å². The van der Waals surface area contributed by atoms with Gasteiger partial charge in [0.15, 0.2) is 22.5 Å². The van der Waals surface area contributed by atoms with Gasteiger partial charge >= 0.3 is 0 Å². The lowest BCUT2D eigenvalue weighted by atomic mass is 10.1. The fraction of sp³-hybridized carbons (Fsp3) is 0.154. The number of rotatable bonds is 9. The number of aromatic nitrogens is 3. The standard InChI is InChI=1S/C26H24ClN5O3S/c1-17(19-9-14-22(34-2)23(15-19)35-3)28-29-24(33)16-36-26-31-30-25(18-7-5-4-6-8-18)32(26)21-12-10-20(27)11-13-21/h4-15H,16H2,1-3H3,(H,29,33). The summed E-state index contributed by atoms with van der Waals surface area (Å²) in [5.74, 6) is 1.70. The molecule has 0 aliphatic carbocycles. The van der Waals surface area contributed by atoms with Gasteiger partial charge in [0, 0.05) is 21.8 Å². The van der Waals surface area contributed by atoms with E-state index in [9.17, 15) is 4.79 Å². The molecule has 0 bridgehead atoms. The van der Waals surface area contributed by atoms with Gasteiger partial charge in [-0.1, -0.05) is 53.7 Å². The predicted octanol–water partition coefficient (Wildman–Crippen LogP) is 5.24. The van der Waals surface area contributed by atoms with Gasteiger partial charge in [0.05, 0.1) is 25.7 Å². The lowest BCUT2D eigenvalue weighted by Gasteiger charge is -2.11. The molecule has 0 saturated heterocycles. The highest BCUT2D eigenvalue weighted by atomic mass is 35.5. The first kappa shape index (κ1) is 25.3. The number of hydrogen-bond donors (Lipinski definition) is 1. The highest BCUT2D eigenvalue weighted by Crippen LogP contribution is 2.29. The number of halogens is 1. The third-order valence-electron chi connectivity index (χ3n) is 5.23. The Balaban J connectivity index is 1.49. The number of benzene rings is 3. The summed E-state index contributed by atoms with van der Waals surface area (Å²) < 4.78 is 12.5. The number of nitrogens with zero attached hydrogens (tertiary/aromatic N) is 4. The minimum absolute atomic E-state index is 0.100. The molecule has 0 atom stereocenters. The molecular formula is C26H24ClN5O3S. The van der Waals surface area contributed by atoms with E-state index in [1.165, 1.54) is 11.8 Å². The van der Waals surface area contributed by atoms with Crippen LogP contribution < -0.4 is 14.9 Å². The van der Waals surface area contributed by atoms with Gasteiger partial charge in [-0.25, -0.2) is 5.43 Å². The maximum absolute atomic E-state index is 12.6. The average molecular weight is 522 g/mol. The predicted molar refractivity (Wildman–Crippen MR) is 142 cm³/mol. The minimum atomic E-state index is -0.272. The molecule has 1 heterocycles. The lowest BCUT2D eigenvalue weighted by Crippen LogP contribution is -2.21. The summed E-state index contributed by atoms with van der Waals surface area (Å²) in [6.45, 7) is 1.80. The lowest BCUT2D eigenvalue weighted by molar-refractivity contribution is -0.118. The number of thioether (sulfide) groups is 1. The van der Waals surface area contributed by atoms with E-state index in [1.54, 1.807) is 45.4 Å². The molecule has 36 heavy (non-hydrogen) atoms. The Kier molecular flexibility index (Phi) is 8.24. The highest BCUT2D eigenvalue weighted by molar-refractivity contribution is 7.99. The second-order valence-electron chi connectivity index (χ2n) is 7.57. The van der Waals surface area contributed by atoms with Crippen LogP contribution in [0, 0.1) is 0 Å². The normalized spacial score (nSPS) is 11.3. The summed E-state index contributed by atoms with van der Waals surface area (Å²) in [6, 6.07) is 22.6. The first-order chi connectivity index (χ1) is 17.5. The molecule has 1 amide bonds. The molecule has 8 nitrogen and oxygen atoms in total. The van der Waals surface area contributed by atoms with Gasteiger partial charge < -0.3 is 9.47 Å². The van der Waals surface area contributed by atoms with E-state index in [0.717, 1.165) is 16.8 Å². The van der Waals surface area contributed by atoms with E-state index in [2.05, 4.69) is 20.7 Å². The Bertz CT molecular complexity index is 1370. The van der Waals surface area contributed by atoms with Crippen LogP contribution in [0.4, 0.5) is 0 Å². The van der Waals surface area contributed by atoms with Crippen LogP contribution in [0.15, 0.2) is 83.1 Å². The van der Waals surface area contributed by atoms with Crippen molar-refractivity contribution in [3.05, 3.63) is 83.4 Å². The zero-order valence-corrected chi connectivity index (χ0v) is 21.5. The number of carbonyl (C=O) groups is 1. The van der Waals surface area contributed by atoms with Gasteiger partial charge in [-0.2, -0.15) is 5.10 Å². The molecule has 0 saturated carbocycles. The van der Waals surface area contributed by atoms with Crippen molar-refractivity contribution in [3.63, 3.8) is 0 Å². The number of methoxy groups -OCH3 is 2. The van der Waals surface area contributed by atoms with E-state index in [1.807, 2.05) is 53.1 Å². The van der Waals surface area contributed by atoms with Crippen molar-refractivity contribution in [2.24, 2.45) is 5.10 Å². The molecule has 10 heteroatoms. The maximum Gasteiger partial charge on any atom is 0.250 e. The first-order valence-corrected chi connectivity index (χ1v) is 12.3. The Hall–Kier alpha value is -3.82. The molecule has 1 N–H and O–H groups in total. The highest BCUT2D eigenvalue weighted by Gasteiger charge is 2.17. The molecule has 4 aromatic rings. The summed E-state index contributed by atoms with van der Waals surface area (Å²) >= 11 is 7.35. The molecule has 0 unspecified atom stereocenters. The molecule has 1 aromatic heterocycles.